The number of hydrogen-bond acceptors (Lipinski definition) is 1. The summed E-state index contributed by atoms with van der Waals surface area (Å²) in [6.07, 6.45) is 13.3. The molecule has 1 aromatic heterocycles. The SMILES string of the molecule is C=CC(C=C)=Cc1[nH]c(-c2ccc(NC(=C)C3CCCCC3)cc2)cc1CC. The average Bonchev–Trinajstić information content (AvgIpc) is 3.16. The zero-order chi connectivity index (χ0) is 19.9. The smallest absolute Gasteiger partial charge is 0.0461 e. The lowest BCUT2D eigenvalue weighted by atomic mass is 9.87. The molecule has 2 N–H and O–H groups in total. The minimum atomic E-state index is 0.613. The third-order valence-corrected chi connectivity index (χ3v) is 5.70. The highest BCUT2D eigenvalue weighted by Crippen LogP contribution is 2.30. The maximum absolute atomic E-state index is 4.28. The summed E-state index contributed by atoms with van der Waals surface area (Å²) < 4.78 is 0. The van der Waals surface area contributed by atoms with Crippen molar-refractivity contribution in [2.75, 3.05) is 5.32 Å². The van der Waals surface area contributed by atoms with Crippen molar-refractivity contribution in [3.63, 3.8) is 0 Å². The molecule has 1 aromatic carbocycles. The van der Waals surface area contributed by atoms with Crippen molar-refractivity contribution in [2.45, 2.75) is 45.4 Å². The lowest BCUT2D eigenvalue weighted by Crippen LogP contribution is -2.14. The van der Waals surface area contributed by atoms with Crippen molar-refractivity contribution in [3.8, 4) is 11.3 Å². The van der Waals surface area contributed by atoms with Gasteiger partial charge in [-0.1, -0.05) is 70.2 Å². The quantitative estimate of drug-likeness (QED) is 0.461. The van der Waals surface area contributed by atoms with Gasteiger partial charge in [0.2, 0.25) is 0 Å². The van der Waals surface area contributed by atoms with Crippen molar-refractivity contribution in [1.82, 2.24) is 4.98 Å². The zero-order valence-corrected chi connectivity index (χ0v) is 17.1. The van der Waals surface area contributed by atoms with Gasteiger partial charge in [-0.2, -0.15) is 0 Å². The van der Waals surface area contributed by atoms with Crippen molar-refractivity contribution < 1.29 is 0 Å². The van der Waals surface area contributed by atoms with Gasteiger partial charge in [-0.25, -0.2) is 0 Å². The Morgan fingerprint density at radius 1 is 1.11 bits per heavy atom. The fraction of sp³-hybridized carbons (Fsp3) is 0.308. The summed E-state index contributed by atoms with van der Waals surface area (Å²) in [7, 11) is 0. The minimum absolute atomic E-state index is 0.613. The van der Waals surface area contributed by atoms with Crippen LogP contribution in [-0.2, 0) is 6.42 Å². The van der Waals surface area contributed by atoms with Gasteiger partial charge < -0.3 is 10.3 Å². The molecule has 1 aliphatic carbocycles. The molecule has 3 rings (SSSR count). The van der Waals surface area contributed by atoms with Gasteiger partial charge in [-0.3, -0.25) is 0 Å². The van der Waals surface area contributed by atoms with Crippen LogP contribution in [0.2, 0.25) is 0 Å². The number of benzene rings is 1. The van der Waals surface area contributed by atoms with Crippen LogP contribution < -0.4 is 5.32 Å². The van der Waals surface area contributed by atoms with Crippen LogP contribution >= 0.6 is 0 Å². The first-order valence-electron chi connectivity index (χ1n) is 10.4. The summed E-state index contributed by atoms with van der Waals surface area (Å²) in [5.74, 6) is 0.613. The summed E-state index contributed by atoms with van der Waals surface area (Å²) in [5.41, 5.74) is 8.03. The molecule has 0 spiro atoms. The Hall–Kier alpha value is -2.74. The summed E-state index contributed by atoms with van der Waals surface area (Å²) in [6.45, 7) is 14.2. The van der Waals surface area contributed by atoms with Gasteiger partial charge in [0.1, 0.15) is 0 Å². The second-order valence-corrected chi connectivity index (χ2v) is 7.59. The number of aryl methyl sites for hydroxylation is 1. The van der Waals surface area contributed by atoms with E-state index in [0.717, 1.165) is 34.8 Å². The molecule has 2 aromatic rings. The molecule has 146 valence electrons. The van der Waals surface area contributed by atoms with Gasteiger partial charge in [-0.05, 0) is 66.2 Å². The van der Waals surface area contributed by atoms with E-state index in [1.165, 1.54) is 43.2 Å². The fourth-order valence-electron chi connectivity index (χ4n) is 3.93. The number of hydrogen-bond donors (Lipinski definition) is 2. The Bertz CT molecular complexity index is 848. The van der Waals surface area contributed by atoms with Crippen molar-refractivity contribution in [1.29, 1.82) is 0 Å². The molecule has 0 amide bonds. The van der Waals surface area contributed by atoms with Gasteiger partial charge in [0.05, 0.1) is 0 Å². The Morgan fingerprint density at radius 2 is 1.79 bits per heavy atom. The summed E-state index contributed by atoms with van der Waals surface area (Å²) in [4.78, 5) is 3.55. The first-order valence-corrected chi connectivity index (χ1v) is 10.4. The van der Waals surface area contributed by atoms with Gasteiger partial charge in [0.25, 0.3) is 0 Å². The number of aromatic amines is 1. The molecular formula is C26H32N2. The van der Waals surface area contributed by atoms with E-state index in [9.17, 15) is 0 Å². The predicted octanol–water partition coefficient (Wildman–Crippen LogP) is 7.51. The first-order chi connectivity index (χ1) is 13.6. The standard InChI is InChI=1S/C26H32N2/c1-5-20(6-2)17-25-21(7-3)18-26(28-25)23-13-15-24(16-14-23)27-19(4)22-11-9-8-10-12-22/h5-6,13-18,22,27-28H,1-2,4,7-12H2,3H3. The first kappa shape index (κ1) is 20.0. The molecule has 1 saturated carbocycles. The Balaban J connectivity index is 1.75. The minimum Gasteiger partial charge on any atom is -0.359 e. The van der Waals surface area contributed by atoms with E-state index < -0.39 is 0 Å². The summed E-state index contributed by atoms with van der Waals surface area (Å²) in [5, 5.41) is 3.52. The molecule has 2 nitrogen and oxygen atoms in total. The molecule has 0 saturated heterocycles. The third kappa shape index (κ3) is 4.75. The van der Waals surface area contributed by atoms with E-state index in [-0.39, 0.29) is 0 Å². The van der Waals surface area contributed by atoms with Crippen LogP contribution in [0.1, 0.15) is 50.3 Å². The van der Waals surface area contributed by atoms with Gasteiger partial charge in [0, 0.05) is 22.8 Å². The normalized spacial score (nSPS) is 14.3. The second-order valence-electron chi connectivity index (χ2n) is 7.59. The molecule has 0 aliphatic heterocycles. The molecule has 0 atom stereocenters. The maximum Gasteiger partial charge on any atom is 0.0461 e. The predicted molar refractivity (Wildman–Crippen MR) is 123 cm³/mol. The van der Waals surface area contributed by atoms with Crippen LogP contribution in [-0.4, -0.2) is 4.98 Å². The average molecular weight is 373 g/mol. The molecule has 2 heteroatoms. The second kappa shape index (κ2) is 9.45. The summed E-state index contributed by atoms with van der Waals surface area (Å²) >= 11 is 0. The number of aromatic nitrogens is 1. The molecule has 0 bridgehead atoms. The van der Waals surface area contributed by atoms with Gasteiger partial charge in [-0.15, -0.1) is 0 Å². The van der Waals surface area contributed by atoms with E-state index in [1.54, 1.807) is 0 Å². The fourth-order valence-corrected chi connectivity index (χ4v) is 3.93. The topological polar surface area (TPSA) is 27.8 Å². The lowest BCUT2D eigenvalue weighted by molar-refractivity contribution is 0.405. The zero-order valence-electron chi connectivity index (χ0n) is 17.1. The highest BCUT2D eigenvalue weighted by Gasteiger charge is 2.16. The van der Waals surface area contributed by atoms with Crippen LogP contribution in [0.5, 0.6) is 0 Å². The van der Waals surface area contributed by atoms with Crippen LogP contribution in [0.4, 0.5) is 5.69 Å². The Labute approximate surface area is 169 Å². The van der Waals surface area contributed by atoms with Crippen LogP contribution in [0.25, 0.3) is 17.3 Å². The monoisotopic (exact) mass is 372 g/mol. The van der Waals surface area contributed by atoms with Crippen molar-refractivity contribution in [2.24, 2.45) is 5.92 Å². The van der Waals surface area contributed by atoms with Crippen molar-refractivity contribution >= 4 is 11.8 Å². The van der Waals surface area contributed by atoms with E-state index in [4.69, 9.17) is 0 Å². The number of anilines is 1. The highest BCUT2D eigenvalue weighted by atomic mass is 14.9. The Kier molecular flexibility index (Phi) is 6.76. The third-order valence-electron chi connectivity index (χ3n) is 5.70. The van der Waals surface area contributed by atoms with E-state index in [1.807, 2.05) is 12.2 Å². The largest absolute Gasteiger partial charge is 0.359 e. The van der Waals surface area contributed by atoms with Gasteiger partial charge >= 0.3 is 0 Å². The van der Waals surface area contributed by atoms with E-state index in [2.05, 4.69) is 73.4 Å². The molecule has 0 radical (unpaired) electrons. The van der Waals surface area contributed by atoms with Crippen LogP contribution in [0, 0.1) is 5.92 Å². The molecule has 1 heterocycles. The number of allylic oxidation sites excluding steroid dienone is 4. The molecule has 1 aliphatic rings. The molecular weight excluding hydrogens is 340 g/mol. The number of nitrogens with one attached hydrogen (secondary N) is 2. The molecule has 1 fully saturated rings. The Morgan fingerprint density at radius 3 is 2.39 bits per heavy atom. The lowest BCUT2D eigenvalue weighted by Gasteiger charge is -2.24. The molecule has 28 heavy (non-hydrogen) atoms. The number of H-pyrrole nitrogens is 1. The maximum atomic E-state index is 4.28. The highest BCUT2D eigenvalue weighted by molar-refractivity contribution is 5.69. The van der Waals surface area contributed by atoms with Crippen LogP contribution in [0.3, 0.4) is 0 Å². The van der Waals surface area contributed by atoms with Crippen molar-refractivity contribution in [3.05, 3.63) is 84.7 Å². The van der Waals surface area contributed by atoms with E-state index in [0.29, 0.717) is 5.92 Å². The number of rotatable bonds is 8. The summed E-state index contributed by atoms with van der Waals surface area (Å²) in [6, 6.07) is 10.8. The van der Waals surface area contributed by atoms with Crippen LogP contribution in [0.15, 0.2) is 73.5 Å². The molecule has 0 unspecified atom stereocenters. The van der Waals surface area contributed by atoms with Gasteiger partial charge in [0.15, 0.2) is 0 Å². The van der Waals surface area contributed by atoms with E-state index >= 15 is 0 Å².